The van der Waals surface area contributed by atoms with Gasteiger partial charge in [0.15, 0.2) is 0 Å². The summed E-state index contributed by atoms with van der Waals surface area (Å²) < 4.78 is 5.17. The fraction of sp³-hybridized carbons (Fsp3) is 0.286. The standard InChI is InChI=1S/C28H33N3O3/c1-19-16-21(3)25(17-20(19)2)27(32)31-26(18-22-8-6-5-7-9-22)28(33)30-15-14-29-23-10-12-24(34-4)13-11-23/h5-13,16-17,26,29H,14-15,18H2,1-4H3,(H,30,33)(H,31,32)/t26-/m0/s1. The molecule has 0 heterocycles. The number of hydrogen-bond donors (Lipinski definition) is 3. The molecular weight excluding hydrogens is 426 g/mol. The average molecular weight is 460 g/mol. The molecule has 3 N–H and O–H groups in total. The lowest BCUT2D eigenvalue weighted by Gasteiger charge is -2.20. The molecular formula is C28H33N3O3. The Bertz CT molecular complexity index is 1110. The summed E-state index contributed by atoms with van der Waals surface area (Å²) in [6, 6.07) is 20.5. The minimum absolute atomic E-state index is 0.213. The lowest BCUT2D eigenvalue weighted by atomic mass is 9.99. The summed E-state index contributed by atoms with van der Waals surface area (Å²) in [7, 11) is 1.63. The number of amides is 2. The number of ether oxygens (including phenoxy) is 1. The zero-order valence-corrected chi connectivity index (χ0v) is 20.3. The molecule has 0 saturated carbocycles. The maximum atomic E-state index is 13.1. The Kier molecular flexibility index (Phi) is 8.68. The highest BCUT2D eigenvalue weighted by molar-refractivity contribution is 5.99. The fourth-order valence-electron chi connectivity index (χ4n) is 3.72. The van der Waals surface area contributed by atoms with Crippen molar-refractivity contribution in [2.24, 2.45) is 0 Å². The highest BCUT2D eigenvalue weighted by atomic mass is 16.5. The smallest absolute Gasteiger partial charge is 0.252 e. The van der Waals surface area contributed by atoms with Gasteiger partial charge >= 0.3 is 0 Å². The van der Waals surface area contributed by atoms with Crippen LogP contribution in [0.5, 0.6) is 5.75 Å². The van der Waals surface area contributed by atoms with Crippen LogP contribution in [0.15, 0.2) is 66.7 Å². The largest absolute Gasteiger partial charge is 0.497 e. The number of carbonyl (C=O) groups is 2. The van der Waals surface area contributed by atoms with Crippen LogP contribution in [0.1, 0.15) is 32.6 Å². The first-order chi connectivity index (χ1) is 16.4. The number of benzene rings is 3. The number of carbonyl (C=O) groups excluding carboxylic acids is 2. The van der Waals surface area contributed by atoms with E-state index in [-0.39, 0.29) is 11.8 Å². The fourth-order valence-corrected chi connectivity index (χ4v) is 3.72. The SMILES string of the molecule is COc1ccc(NCCNC(=O)[C@H](Cc2ccccc2)NC(=O)c2cc(C)c(C)cc2C)cc1. The van der Waals surface area contributed by atoms with Crippen molar-refractivity contribution < 1.29 is 14.3 Å². The van der Waals surface area contributed by atoms with Gasteiger partial charge in [0.25, 0.3) is 5.91 Å². The van der Waals surface area contributed by atoms with Crippen LogP contribution in [0.2, 0.25) is 0 Å². The molecule has 0 aliphatic rings. The quantitative estimate of drug-likeness (QED) is 0.397. The third kappa shape index (κ3) is 6.85. The van der Waals surface area contributed by atoms with Crippen LogP contribution in [0.25, 0.3) is 0 Å². The molecule has 3 rings (SSSR count). The van der Waals surface area contributed by atoms with Crippen LogP contribution in [-0.4, -0.2) is 38.1 Å². The second kappa shape index (κ2) is 11.9. The Morgan fingerprint density at radius 2 is 1.53 bits per heavy atom. The monoisotopic (exact) mass is 459 g/mol. The highest BCUT2D eigenvalue weighted by Gasteiger charge is 2.22. The average Bonchev–Trinajstić information content (AvgIpc) is 2.84. The second-order valence-corrected chi connectivity index (χ2v) is 8.41. The summed E-state index contributed by atoms with van der Waals surface area (Å²) in [6.45, 7) is 6.90. The van der Waals surface area contributed by atoms with Crippen molar-refractivity contribution in [2.45, 2.75) is 33.2 Å². The van der Waals surface area contributed by atoms with Crippen LogP contribution in [0, 0.1) is 20.8 Å². The van der Waals surface area contributed by atoms with Crippen LogP contribution < -0.4 is 20.7 Å². The third-order valence-corrected chi connectivity index (χ3v) is 5.83. The Balaban J connectivity index is 1.64. The van der Waals surface area contributed by atoms with Gasteiger partial charge < -0.3 is 20.7 Å². The molecule has 6 nitrogen and oxygen atoms in total. The van der Waals surface area contributed by atoms with Gasteiger partial charge in [-0.2, -0.15) is 0 Å². The van der Waals surface area contributed by atoms with E-state index in [4.69, 9.17) is 4.74 Å². The normalized spacial score (nSPS) is 11.4. The number of anilines is 1. The van der Waals surface area contributed by atoms with E-state index < -0.39 is 6.04 Å². The molecule has 0 saturated heterocycles. The van der Waals surface area contributed by atoms with Crippen molar-refractivity contribution in [1.29, 1.82) is 0 Å². The Hall–Kier alpha value is -3.80. The van der Waals surface area contributed by atoms with Gasteiger partial charge in [0.2, 0.25) is 5.91 Å². The minimum Gasteiger partial charge on any atom is -0.497 e. The van der Waals surface area contributed by atoms with Gasteiger partial charge in [0, 0.05) is 30.8 Å². The Labute approximate surface area is 201 Å². The van der Waals surface area contributed by atoms with Crippen LogP contribution in [0.4, 0.5) is 5.69 Å². The number of aryl methyl sites for hydroxylation is 3. The molecule has 0 aromatic heterocycles. The number of methoxy groups -OCH3 is 1. The maximum absolute atomic E-state index is 13.1. The summed E-state index contributed by atoms with van der Waals surface area (Å²) in [5.74, 6) is 0.334. The van der Waals surface area contributed by atoms with Crippen molar-refractivity contribution >= 4 is 17.5 Å². The van der Waals surface area contributed by atoms with Crippen molar-refractivity contribution in [1.82, 2.24) is 10.6 Å². The van der Waals surface area contributed by atoms with Crippen molar-refractivity contribution in [3.05, 3.63) is 94.5 Å². The molecule has 34 heavy (non-hydrogen) atoms. The van der Waals surface area contributed by atoms with Gasteiger partial charge in [0.1, 0.15) is 11.8 Å². The van der Waals surface area contributed by atoms with E-state index in [2.05, 4.69) is 16.0 Å². The zero-order valence-electron chi connectivity index (χ0n) is 20.3. The molecule has 0 aliphatic heterocycles. The number of hydrogen-bond acceptors (Lipinski definition) is 4. The molecule has 1 atom stereocenters. The number of nitrogens with one attached hydrogen (secondary N) is 3. The van der Waals surface area contributed by atoms with E-state index in [1.807, 2.05) is 87.5 Å². The summed E-state index contributed by atoms with van der Waals surface area (Å²) in [5.41, 5.74) is 5.59. The van der Waals surface area contributed by atoms with Gasteiger partial charge in [0.05, 0.1) is 7.11 Å². The third-order valence-electron chi connectivity index (χ3n) is 5.83. The second-order valence-electron chi connectivity index (χ2n) is 8.41. The molecule has 0 fully saturated rings. The topological polar surface area (TPSA) is 79.5 Å². The molecule has 3 aromatic rings. The molecule has 0 bridgehead atoms. The molecule has 0 unspecified atom stereocenters. The lowest BCUT2D eigenvalue weighted by Crippen LogP contribution is -2.49. The molecule has 2 amide bonds. The van der Waals surface area contributed by atoms with E-state index in [9.17, 15) is 9.59 Å². The van der Waals surface area contributed by atoms with Crippen LogP contribution >= 0.6 is 0 Å². The molecule has 6 heteroatoms. The summed E-state index contributed by atoms with van der Waals surface area (Å²) in [4.78, 5) is 26.1. The Morgan fingerprint density at radius 3 is 2.21 bits per heavy atom. The number of rotatable bonds is 10. The minimum atomic E-state index is -0.683. The predicted octanol–water partition coefficient (Wildman–Crippen LogP) is 4.19. The van der Waals surface area contributed by atoms with E-state index in [1.165, 1.54) is 0 Å². The maximum Gasteiger partial charge on any atom is 0.252 e. The van der Waals surface area contributed by atoms with E-state index in [1.54, 1.807) is 7.11 Å². The van der Waals surface area contributed by atoms with E-state index in [0.717, 1.165) is 33.7 Å². The molecule has 0 aliphatic carbocycles. The lowest BCUT2D eigenvalue weighted by molar-refractivity contribution is -0.122. The van der Waals surface area contributed by atoms with Gasteiger partial charge in [-0.05, 0) is 73.4 Å². The molecule has 0 radical (unpaired) electrons. The first-order valence-electron chi connectivity index (χ1n) is 11.5. The molecule has 3 aromatic carbocycles. The summed E-state index contributed by atoms with van der Waals surface area (Å²) >= 11 is 0. The summed E-state index contributed by atoms with van der Waals surface area (Å²) in [6.07, 6.45) is 0.411. The van der Waals surface area contributed by atoms with Gasteiger partial charge in [-0.3, -0.25) is 9.59 Å². The van der Waals surface area contributed by atoms with Gasteiger partial charge in [-0.1, -0.05) is 36.4 Å². The highest BCUT2D eigenvalue weighted by Crippen LogP contribution is 2.16. The van der Waals surface area contributed by atoms with Gasteiger partial charge in [-0.25, -0.2) is 0 Å². The zero-order chi connectivity index (χ0) is 24.5. The van der Waals surface area contributed by atoms with E-state index >= 15 is 0 Å². The van der Waals surface area contributed by atoms with Gasteiger partial charge in [-0.15, -0.1) is 0 Å². The predicted molar refractivity (Wildman–Crippen MR) is 137 cm³/mol. The molecule has 0 spiro atoms. The van der Waals surface area contributed by atoms with Crippen LogP contribution in [-0.2, 0) is 11.2 Å². The summed E-state index contributed by atoms with van der Waals surface area (Å²) in [5, 5.41) is 9.17. The molecule has 178 valence electrons. The van der Waals surface area contributed by atoms with Crippen molar-refractivity contribution in [3.63, 3.8) is 0 Å². The van der Waals surface area contributed by atoms with Crippen LogP contribution in [0.3, 0.4) is 0 Å². The first kappa shape index (κ1) is 24.8. The van der Waals surface area contributed by atoms with Crippen molar-refractivity contribution in [3.8, 4) is 5.75 Å². The van der Waals surface area contributed by atoms with E-state index in [0.29, 0.717) is 25.1 Å². The first-order valence-corrected chi connectivity index (χ1v) is 11.5. The Morgan fingerprint density at radius 1 is 0.853 bits per heavy atom. The van der Waals surface area contributed by atoms with Crippen molar-refractivity contribution in [2.75, 3.05) is 25.5 Å².